The molecule has 21 heavy (non-hydrogen) atoms. The lowest BCUT2D eigenvalue weighted by atomic mass is 10.2. The summed E-state index contributed by atoms with van der Waals surface area (Å²) >= 11 is 0. The Morgan fingerprint density at radius 2 is 2.05 bits per heavy atom. The second-order valence-corrected chi connectivity index (χ2v) is 4.43. The number of ether oxygens (including phenoxy) is 1. The monoisotopic (exact) mass is 288 g/mol. The zero-order chi connectivity index (χ0) is 15.6. The van der Waals surface area contributed by atoms with Crippen molar-refractivity contribution in [3.05, 3.63) is 57.3 Å². The van der Waals surface area contributed by atoms with E-state index in [1.165, 1.54) is 12.1 Å². The largest absolute Gasteiger partial charge is 0.478 e. The van der Waals surface area contributed by atoms with E-state index in [1.807, 2.05) is 0 Å². The van der Waals surface area contributed by atoms with Crippen LogP contribution < -0.4 is 4.74 Å². The van der Waals surface area contributed by atoms with Gasteiger partial charge in [-0.25, -0.2) is 9.78 Å². The van der Waals surface area contributed by atoms with E-state index in [1.54, 1.807) is 26.0 Å². The zero-order valence-electron chi connectivity index (χ0n) is 11.4. The number of aromatic carboxylic acids is 1. The molecule has 108 valence electrons. The standard InChI is InChI=1S/C14H12N2O5/c1-8-4-3-5-11(16(19)20)12(8)21-13-9(2)6-10(7-15-13)14(17)18/h3-7H,1-2H3,(H,17,18). The molecule has 1 N–H and O–H groups in total. The molecule has 0 amide bonds. The van der Waals surface area contributed by atoms with Gasteiger partial charge in [-0.2, -0.15) is 0 Å². The zero-order valence-corrected chi connectivity index (χ0v) is 11.4. The Bertz CT molecular complexity index is 727. The number of aromatic nitrogens is 1. The third-order valence-electron chi connectivity index (χ3n) is 2.86. The minimum Gasteiger partial charge on any atom is -0.478 e. The lowest BCUT2D eigenvalue weighted by molar-refractivity contribution is -0.385. The van der Waals surface area contributed by atoms with E-state index in [4.69, 9.17) is 9.84 Å². The SMILES string of the molecule is Cc1cc(C(=O)O)cnc1Oc1c(C)cccc1[N+](=O)[O-]. The number of para-hydroxylation sites is 1. The summed E-state index contributed by atoms with van der Waals surface area (Å²) in [5.74, 6) is -0.863. The molecule has 0 aliphatic heterocycles. The highest BCUT2D eigenvalue weighted by Crippen LogP contribution is 2.34. The molecule has 1 aromatic carbocycles. The van der Waals surface area contributed by atoms with E-state index >= 15 is 0 Å². The maximum atomic E-state index is 11.0. The highest BCUT2D eigenvalue weighted by atomic mass is 16.6. The van der Waals surface area contributed by atoms with Crippen molar-refractivity contribution >= 4 is 11.7 Å². The molecule has 0 saturated heterocycles. The van der Waals surface area contributed by atoms with E-state index in [2.05, 4.69) is 4.98 Å². The molecule has 2 aromatic rings. The third-order valence-corrected chi connectivity index (χ3v) is 2.86. The van der Waals surface area contributed by atoms with Gasteiger partial charge in [0.2, 0.25) is 11.6 Å². The maximum absolute atomic E-state index is 11.0. The fourth-order valence-electron chi connectivity index (χ4n) is 1.80. The summed E-state index contributed by atoms with van der Waals surface area (Å²) in [5, 5.41) is 19.9. The van der Waals surface area contributed by atoms with Gasteiger partial charge >= 0.3 is 11.7 Å². The molecule has 7 heteroatoms. The van der Waals surface area contributed by atoms with Gasteiger partial charge in [-0.05, 0) is 25.5 Å². The molecule has 0 saturated carbocycles. The molecule has 1 heterocycles. The van der Waals surface area contributed by atoms with Crippen molar-refractivity contribution in [1.29, 1.82) is 0 Å². The number of rotatable bonds is 4. The van der Waals surface area contributed by atoms with Crippen LogP contribution in [-0.2, 0) is 0 Å². The minimum absolute atomic E-state index is 0.0270. The highest BCUT2D eigenvalue weighted by Gasteiger charge is 2.19. The van der Waals surface area contributed by atoms with Crippen molar-refractivity contribution in [3.8, 4) is 11.6 Å². The fraction of sp³-hybridized carbons (Fsp3) is 0.143. The van der Waals surface area contributed by atoms with Gasteiger partial charge in [-0.1, -0.05) is 12.1 Å². The number of hydrogen-bond donors (Lipinski definition) is 1. The van der Waals surface area contributed by atoms with Gasteiger partial charge in [0, 0.05) is 17.8 Å². The first-order valence-corrected chi connectivity index (χ1v) is 6.02. The number of benzene rings is 1. The number of nitro groups is 1. The molecule has 0 aliphatic rings. The molecular weight excluding hydrogens is 276 g/mol. The van der Waals surface area contributed by atoms with Crippen molar-refractivity contribution in [3.63, 3.8) is 0 Å². The molecule has 2 rings (SSSR count). The summed E-state index contributed by atoms with van der Waals surface area (Å²) in [6.07, 6.45) is 1.15. The van der Waals surface area contributed by atoms with Crippen molar-refractivity contribution < 1.29 is 19.6 Å². The molecule has 0 spiro atoms. The summed E-state index contributed by atoms with van der Waals surface area (Å²) < 4.78 is 5.52. The van der Waals surface area contributed by atoms with Crippen molar-refractivity contribution in [2.24, 2.45) is 0 Å². The summed E-state index contributed by atoms with van der Waals surface area (Å²) in [6, 6.07) is 5.98. The predicted molar refractivity (Wildman–Crippen MR) is 73.8 cm³/mol. The number of carboxylic acid groups (broad SMARTS) is 1. The van der Waals surface area contributed by atoms with Crippen LogP contribution in [-0.4, -0.2) is 21.0 Å². The molecule has 0 aliphatic carbocycles. The molecule has 1 aromatic heterocycles. The quantitative estimate of drug-likeness (QED) is 0.685. The van der Waals surface area contributed by atoms with Crippen LogP contribution in [0.15, 0.2) is 30.5 Å². The number of pyridine rings is 1. The second kappa shape index (κ2) is 5.58. The van der Waals surface area contributed by atoms with E-state index < -0.39 is 10.9 Å². The van der Waals surface area contributed by atoms with Crippen LogP contribution in [0.25, 0.3) is 0 Å². The Kier molecular flexibility index (Phi) is 3.84. The lowest BCUT2D eigenvalue weighted by Gasteiger charge is -2.10. The van der Waals surface area contributed by atoms with Crippen LogP contribution >= 0.6 is 0 Å². The Balaban J connectivity index is 2.44. The van der Waals surface area contributed by atoms with Gasteiger partial charge in [-0.15, -0.1) is 0 Å². The third kappa shape index (κ3) is 2.97. The van der Waals surface area contributed by atoms with Gasteiger partial charge in [0.1, 0.15) is 0 Å². The van der Waals surface area contributed by atoms with E-state index in [0.717, 1.165) is 6.20 Å². The van der Waals surface area contributed by atoms with Crippen molar-refractivity contribution in [1.82, 2.24) is 4.98 Å². The van der Waals surface area contributed by atoms with E-state index in [9.17, 15) is 14.9 Å². The average molecular weight is 288 g/mol. The van der Waals surface area contributed by atoms with Crippen LogP contribution in [0.1, 0.15) is 21.5 Å². The van der Waals surface area contributed by atoms with E-state index in [-0.39, 0.29) is 22.9 Å². The van der Waals surface area contributed by atoms with Crippen molar-refractivity contribution in [2.45, 2.75) is 13.8 Å². The Labute approximate surface area is 120 Å². The van der Waals surface area contributed by atoms with Gasteiger partial charge < -0.3 is 9.84 Å². The van der Waals surface area contributed by atoms with Gasteiger partial charge in [0.05, 0.1) is 10.5 Å². The maximum Gasteiger partial charge on any atom is 0.337 e. The number of aryl methyl sites for hydroxylation is 2. The Hall–Kier alpha value is -2.96. The van der Waals surface area contributed by atoms with Crippen LogP contribution in [0, 0.1) is 24.0 Å². The first-order chi connectivity index (χ1) is 9.90. The summed E-state index contributed by atoms with van der Waals surface area (Å²) in [7, 11) is 0. The van der Waals surface area contributed by atoms with Gasteiger partial charge in [-0.3, -0.25) is 10.1 Å². The number of nitrogens with zero attached hydrogens (tertiary/aromatic N) is 2. The van der Waals surface area contributed by atoms with E-state index in [0.29, 0.717) is 11.1 Å². The molecular formula is C14H12N2O5. The molecule has 7 nitrogen and oxygen atoms in total. The highest BCUT2D eigenvalue weighted by molar-refractivity contribution is 5.87. The summed E-state index contributed by atoms with van der Waals surface area (Å²) in [4.78, 5) is 25.2. The predicted octanol–water partition coefficient (Wildman–Crippen LogP) is 3.10. The molecule has 0 atom stereocenters. The Morgan fingerprint density at radius 1 is 1.33 bits per heavy atom. The lowest BCUT2D eigenvalue weighted by Crippen LogP contribution is -2.01. The number of carboxylic acids is 1. The smallest absolute Gasteiger partial charge is 0.337 e. The minimum atomic E-state index is -1.10. The molecule has 0 fully saturated rings. The van der Waals surface area contributed by atoms with Crippen LogP contribution in [0.4, 0.5) is 5.69 Å². The Morgan fingerprint density at radius 3 is 2.62 bits per heavy atom. The molecule has 0 bridgehead atoms. The topological polar surface area (TPSA) is 103 Å². The number of nitro benzene ring substituents is 1. The summed E-state index contributed by atoms with van der Waals surface area (Å²) in [6.45, 7) is 3.31. The van der Waals surface area contributed by atoms with Crippen LogP contribution in [0.5, 0.6) is 11.6 Å². The number of carbonyl (C=O) groups is 1. The van der Waals surface area contributed by atoms with Crippen molar-refractivity contribution in [2.75, 3.05) is 0 Å². The molecule has 0 unspecified atom stereocenters. The average Bonchev–Trinajstić information content (AvgIpc) is 2.42. The second-order valence-electron chi connectivity index (χ2n) is 4.43. The fourth-order valence-corrected chi connectivity index (χ4v) is 1.80. The van der Waals surface area contributed by atoms with Crippen LogP contribution in [0.3, 0.4) is 0 Å². The molecule has 0 radical (unpaired) electrons. The number of hydrogen-bond acceptors (Lipinski definition) is 5. The first kappa shape index (κ1) is 14.4. The first-order valence-electron chi connectivity index (χ1n) is 6.02. The van der Waals surface area contributed by atoms with Gasteiger partial charge in [0.25, 0.3) is 0 Å². The normalized spacial score (nSPS) is 10.2. The van der Waals surface area contributed by atoms with Gasteiger partial charge in [0.15, 0.2) is 0 Å². The van der Waals surface area contributed by atoms with Crippen LogP contribution in [0.2, 0.25) is 0 Å². The summed E-state index contributed by atoms with van der Waals surface area (Å²) in [5.41, 5.74) is 0.929.